The molecule has 2 aromatic rings. The van der Waals surface area contributed by atoms with Gasteiger partial charge in [-0.1, -0.05) is 58.0 Å². The van der Waals surface area contributed by atoms with Gasteiger partial charge in [0.15, 0.2) is 0 Å². The van der Waals surface area contributed by atoms with Crippen molar-refractivity contribution in [1.82, 2.24) is 4.98 Å². The topological polar surface area (TPSA) is 36.7 Å². The van der Waals surface area contributed by atoms with E-state index in [4.69, 9.17) is 63.3 Å². The molecule has 0 amide bonds. The van der Waals surface area contributed by atoms with Crippen LogP contribution in [0.5, 0.6) is 0 Å². The molecule has 1 aromatic heterocycles. The van der Waals surface area contributed by atoms with E-state index in [1.165, 1.54) is 6.20 Å². The molecule has 0 saturated heterocycles. The molecule has 96 valence electrons. The van der Waals surface area contributed by atoms with E-state index in [1.54, 1.807) is 12.1 Å². The standard InChI is InChI=1S/C12H3Cl5N2/c13-8-7(5-1-2-6(3-18)19-4-5)9(14)11(16)12(17)10(8)15/h1-2,4H. The van der Waals surface area contributed by atoms with E-state index in [0.29, 0.717) is 11.1 Å². The predicted molar refractivity (Wildman–Crippen MR) is 79.4 cm³/mol. The van der Waals surface area contributed by atoms with Crippen LogP contribution in [0, 0.1) is 11.3 Å². The minimum Gasteiger partial charge on any atom is -0.245 e. The fourth-order valence-corrected chi connectivity index (χ4v) is 2.82. The van der Waals surface area contributed by atoms with Crippen LogP contribution in [-0.2, 0) is 0 Å². The van der Waals surface area contributed by atoms with Gasteiger partial charge in [-0.25, -0.2) is 4.98 Å². The first-order chi connectivity index (χ1) is 8.97. The molecule has 0 aliphatic heterocycles. The first-order valence-corrected chi connectivity index (χ1v) is 6.74. The van der Waals surface area contributed by atoms with Gasteiger partial charge in [-0.3, -0.25) is 0 Å². The highest BCUT2D eigenvalue weighted by Crippen LogP contribution is 2.47. The Morgan fingerprint density at radius 2 is 1.37 bits per heavy atom. The molecule has 0 aliphatic rings. The molecule has 7 heteroatoms. The van der Waals surface area contributed by atoms with Crippen LogP contribution in [0.3, 0.4) is 0 Å². The van der Waals surface area contributed by atoms with Crippen molar-refractivity contribution in [3.8, 4) is 17.2 Å². The molecule has 1 aromatic carbocycles. The summed E-state index contributed by atoms with van der Waals surface area (Å²) in [5.74, 6) is 0. The van der Waals surface area contributed by atoms with Gasteiger partial charge in [0, 0.05) is 17.3 Å². The quantitative estimate of drug-likeness (QED) is 0.474. The number of benzene rings is 1. The number of nitriles is 1. The number of pyridine rings is 1. The minimum atomic E-state index is 0.101. The lowest BCUT2D eigenvalue weighted by molar-refractivity contribution is 1.26. The second kappa shape index (κ2) is 5.75. The number of hydrogen-bond acceptors (Lipinski definition) is 2. The van der Waals surface area contributed by atoms with Crippen molar-refractivity contribution in [2.75, 3.05) is 0 Å². The summed E-state index contributed by atoms with van der Waals surface area (Å²) in [4.78, 5) is 3.94. The summed E-state index contributed by atoms with van der Waals surface area (Å²) >= 11 is 30.1. The van der Waals surface area contributed by atoms with Crippen molar-refractivity contribution in [3.63, 3.8) is 0 Å². The van der Waals surface area contributed by atoms with Crippen LogP contribution in [-0.4, -0.2) is 4.98 Å². The molecule has 0 saturated carbocycles. The van der Waals surface area contributed by atoms with Crippen molar-refractivity contribution in [3.05, 3.63) is 49.1 Å². The lowest BCUT2D eigenvalue weighted by Crippen LogP contribution is -1.89. The van der Waals surface area contributed by atoms with Gasteiger partial charge in [0.25, 0.3) is 0 Å². The monoisotopic (exact) mass is 350 g/mol. The summed E-state index contributed by atoms with van der Waals surface area (Å²) in [5.41, 5.74) is 1.30. The molecule has 0 unspecified atom stereocenters. The van der Waals surface area contributed by atoms with E-state index in [0.717, 1.165) is 0 Å². The highest BCUT2D eigenvalue weighted by Gasteiger charge is 2.20. The van der Waals surface area contributed by atoms with Crippen LogP contribution in [0.1, 0.15) is 5.69 Å². The first kappa shape index (κ1) is 14.7. The van der Waals surface area contributed by atoms with Crippen LogP contribution in [0.2, 0.25) is 25.1 Å². The molecule has 0 bridgehead atoms. The molecule has 0 N–H and O–H groups in total. The zero-order valence-corrected chi connectivity index (χ0v) is 12.8. The van der Waals surface area contributed by atoms with Crippen molar-refractivity contribution in [1.29, 1.82) is 5.26 Å². The van der Waals surface area contributed by atoms with Crippen molar-refractivity contribution >= 4 is 58.0 Å². The van der Waals surface area contributed by atoms with Crippen molar-refractivity contribution < 1.29 is 0 Å². The van der Waals surface area contributed by atoms with E-state index >= 15 is 0 Å². The second-order valence-corrected chi connectivity index (χ2v) is 5.38. The largest absolute Gasteiger partial charge is 0.245 e. The minimum absolute atomic E-state index is 0.101. The van der Waals surface area contributed by atoms with Crippen LogP contribution in [0.15, 0.2) is 18.3 Å². The number of aromatic nitrogens is 1. The average molecular weight is 352 g/mol. The molecule has 0 radical (unpaired) electrons. The molecule has 2 rings (SSSR count). The lowest BCUT2D eigenvalue weighted by Gasteiger charge is -2.12. The van der Waals surface area contributed by atoms with E-state index in [-0.39, 0.29) is 30.8 Å². The van der Waals surface area contributed by atoms with E-state index in [9.17, 15) is 0 Å². The van der Waals surface area contributed by atoms with E-state index in [2.05, 4.69) is 4.98 Å². The Balaban J connectivity index is 2.72. The molecular weight excluding hydrogens is 349 g/mol. The maximum Gasteiger partial charge on any atom is 0.140 e. The summed E-state index contributed by atoms with van der Waals surface area (Å²) in [6, 6.07) is 5.11. The van der Waals surface area contributed by atoms with E-state index < -0.39 is 0 Å². The van der Waals surface area contributed by atoms with Crippen LogP contribution in [0.25, 0.3) is 11.1 Å². The Morgan fingerprint density at radius 1 is 0.842 bits per heavy atom. The molecular formula is C12H3Cl5N2. The second-order valence-electron chi connectivity index (χ2n) is 3.49. The third-order valence-electron chi connectivity index (χ3n) is 2.38. The molecule has 0 fully saturated rings. The fraction of sp³-hybridized carbons (Fsp3) is 0. The van der Waals surface area contributed by atoms with Crippen molar-refractivity contribution in [2.24, 2.45) is 0 Å². The number of halogens is 5. The zero-order valence-electron chi connectivity index (χ0n) is 9.02. The Kier molecular flexibility index (Phi) is 4.45. The molecule has 0 spiro atoms. The number of rotatable bonds is 1. The SMILES string of the molecule is N#Cc1ccc(-c2c(Cl)c(Cl)c(Cl)c(Cl)c2Cl)cn1. The van der Waals surface area contributed by atoms with Gasteiger partial charge in [0.2, 0.25) is 0 Å². The normalized spacial score (nSPS) is 10.3. The lowest BCUT2D eigenvalue weighted by atomic mass is 10.1. The Bertz CT molecular complexity index is 660. The van der Waals surface area contributed by atoms with E-state index in [1.807, 2.05) is 6.07 Å². The highest BCUT2D eigenvalue weighted by molar-refractivity contribution is 6.56. The Hall–Kier alpha value is -0.690. The van der Waals surface area contributed by atoms with Gasteiger partial charge >= 0.3 is 0 Å². The molecule has 19 heavy (non-hydrogen) atoms. The molecule has 0 aliphatic carbocycles. The summed E-state index contributed by atoms with van der Waals surface area (Å²) < 4.78 is 0. The Morgan fingerprint density at radius 3 is 1.79 bits per heavy atom. The van der Waals surface area contributed by atoms with Gasteiger partial charge in [-0.15, -0.1) is 0 Å². The van der Waals surface area contributed by atoms with Crippen LogP contribution >= 0.6 is 58.0 Å². The van der Waals surface area contributed by atoms with Gasteiger partial charge in [-0.2, -0.15) is 5.26 Å². The van der Waals surface area contributed by atoms with Gasteiger partial charge < -0.3 is 0 Å². The molecule has 2 nitrogen and oxygen atoms in total. The maximum absolute atomic E-state index is 8.71. The molecule has 1 heterocycles. The summed E-state index contributed by atoms with van der Waals surface area (Å²) in [6.45, 7) is 0. The Labute approximate surface area is 134 Å². The zero-order chi connectivity index (χ0) is 14.2. The van der Waals surface area contributed by atoms with Crippen LogP contribution < -0.4 is 0 Å². The third-order valence-corrected chi connectivity index (χ3v) is 4.65. The molecule has 0 atom stereocenters. The van der Waals surface area contributed by atoms with Gasteiger partial charge in [-0.05, 0) is 12.1 Å². The fourth-order valence-electron chi connectivity index (χ4n) is 1.47. The third kappa shape index (κ3) is 2.63. The predicted octanol–water partition coefficient (Wildman–Crippen LogP) is 5.89. The average Bonchev–Trinajstić information content (AvgIpc) is 2.44. The maximum atomic E-state index is 8.71. The van der Waals surface area contributed by atoms with Gasteiger partial charge in [0.05, 0.1) is 25.1 Å². The summed E-state index contributed by atoms with van der Waals surface area (Å²) in [7, 11) is 0. The summed E-state index contributed by atoms with van der Waals surface area (Å²) in [6.07, 6.45) is 1.46. The summed E-state index contributed by atoms with van der Waals surface area (Å²) in [5, 5.41) is 9.43. The smallest absolute Gasteiger partial charge is 0.140 e. The number of hydrogen-bond donors (Lipinski definition) is 0. The first-order valence-electron chi connectivity index (χ1n) is 4.85. The number of nitrogens with zero attached hydrogens (tertiary/aromatic N) is 2. The van der Waals surface area contributed by atoms with Crippen LogP contribution in [0.4, 0.5) is 0 Å². The van der Waals surface area contributed by atoms with Crippen molar-refractivity contribution in [2.45, 2.75) is 0 Å². The van der Waals surface area contributed by atoms with Gasteiger partial charge in [0.1, 0.15) is 11.8 Å². The highest BCUT2D eigenvalue weighted by atomic mass is 35.5.